The number of carbonyl (C=O) groups excluding carboxylic acids is 1. The summed E-state index contributed by atoms with van der Waals surface area (Å²) in [7, 11) is 1.58. The van der Waals surface area contributed by atoms with Crippen LogP contribution in [0.5, 0.6) is 5.75 Å². The van der Waals surface area contributed by atoms with Gasteiger partial charge < -0.3 is 15.2 Å². The summed E-state index contributed by atoms with van der Waals surface area (Å²) in [5, 5.41) is 12.6. The Bertz CT molecular complexity index is 603. The first-order chi connectivity index (χ1) is 11.4. The van der Waals surface area contributed by atoms with Crippen molar-refractivity contribution in [1.29, 1.82) is 0 Å². The molecule has 1 aliphatic carbocycles. The number of rotatable bonds is 5. The summed E-state index contributed by atoms with van der Waals surface area (Å²) >= 11 is 0. The average molecular weight is 333 g/mol. The summed E-state index contributed by atoms with van der Waals surface area (Å²) in [6.07, 6.45) is 4.68. The minimum atomic E-state index is -1.14. The van der Waals surface area contributed by atoms with Gasteiger partial charge >= 0.3 is 5.97 Å². The zero-order valence-electron chi connectivity index (χ0n) is 14.7. The molecule has 0 aliphatic heterocycles. The molecule has 1 fully saturated rings. The smallest absolute Gasteiger partial charge is 0.329 e. The first-order valence-electron chi connectivity index (χ1n) is 8.59. The summed E-state index contributed by atoms with van der Waals surface area (Å²) in [4.78, 5) is 24.6. The minimum absolute atomic E-state index is 0.263. The fourth-order valence-corrected chi connectivity index (χ4v) is 3.39. The lowest BCUT2D eigenvalue weighted by molar-refractivity contribution is -0.148. The molecule has 1 saturated carbocycles. The number of amides is 1. The van der Waals surface area contributed by atoms with Crippen molar-refractivity contribution in [1.82, 2.24) is 5.32 Å². The molecule has 1 aromatic carbocycles. The Morgan fingerprint density at radius 3 is 2.38 bits per heavy atom. The molecule has 1 aliphatic rings. The molecule has 0 aromatic heterocycles. The predicted octanol–water partition coefficient (Wildman–Crippen LogP) is 3.40. The first kappa shape index (κ1) is 18.3. The third kappa shape index (κ3) is 3.89. The molecular weight excluding hydrogens is 306 g/mol. The number of benzene rings is 1. The van der Waals surface area contributed by atoms with Crippen molar-refractivity contribution in [2.24, 2.45) is 0 Å². The van der Waals surface area contributed by atoms with E-state index in [9.17, 15) is 14.7 Å². The second-order valence-corrected chi connectivity index (χ2v) is 6.76. The van der Waals surface area contributed by atoms with E-state index in [0.717, 1.165) is 36.8 Å². The lowest BCUT2D eigenvalue weighted by Gasteiger charge is -2.31. The molecule has 0 heterocycles. The van der Waals surface area contributed by atoms with Gasteiger partial charge in [-0.3, -0.25) is 4.79 Å². The lowest BCUT2D eigenvalue weighted by Crippen LogP contribution is -2.55. The highest BCUT2D eigenvalue weighted by atomic mass is 16.5. The Morgan fingerprint density at radius 1 is 1.21 bits per heavy atom. The standard InChI is InChI=1S/C19H27NO4/c1-13-8-9-15(16(12-13)24-3)14(2)17(21)20-19(18(22)23)10-6-4-5-7-11-19/h8-9,12,14H,4-7,10-11H2,1-3H3,(H,20,21)(H,22,23). The largest absolute Gasteiger partial charge is 0.496 e. The van der Waals surface area contributed by atoms with Gasteiger partial charge in [0, 0.05) is 5.56 Å². The molecule has 0 radical (unpaired) electrons. The van der Waals surface area contributed by atoms with Crippen molar-refractivity contribution in [3.8, 4) is 5.75 Å². The van der Waals surface area contributed by atoms with E-state index < -0.39 is 17.4 Å². The van der Waals surface area contributed by atoms with Crippen LogP contribution in [0.25, 0.3) is 0 Å². The van der Waals surface area contributed by atoms with Crippen LogP contribution in [0.4, 0.5) is 0 Å². The minimum Gasteiger partial charge on any atom is -0.496 e. The average Bonchev–Trinajstić information content (AvgIpc) is 2.80. The van der Waals surface area contributed by atoms with Gasteiger partial charge in [0.1, 0.15) is 11.3 Å². The maximum absolute atomic E-state index is 12.8. The molecular formula is C19H27NO4. The molecule has 0 bridgehead atoms. The molecule has 0 spiro atoms. The van der Waals surface area contributed by atoms with Crippen LogP contribution < -0.4 is 10.1 Å². The van der Waals surface area contributed by atoms with Gasteiger partial charge in [0.2, 0.25) is 5.91 Å². The zero-order chi connectivity index (χ0) is 17.7. The molecule has 132 valence electrons. The summed E-state index contributed by atoms with van der Waals surface area (Å²) < 4.78 is 5.38. The van der Waals surface area contributed by atoms with E-state index in [0.29, 0.717) is 18.6 Å². The number of methoxy groups -OCH3 is 1. The van der Waals surface area contributed by atoms with E-state index in [-0.39, 0.29) is 5.91 Å². The highest BCUT2D eigenvalue weighted by Crippen LogP contribution is 2.31. The number of carboxylic acids is 1. The van der Waals surface area contributed by atoms with Crippen LogP contribution in [0, 0.1) is 6.92 Å². The second-order valence-electron chi connectivity index (χ2n) is 6.76. The molecule has 1 unspecified atom stereocenters. The molecule has 5 nitrogen and oxygen atoms in total. The van der Waals surface area contributed by atoms with Gasteiger partial charge in [0.15, 0.2) is 0 Å². The topological polar surface area (TPSA) is 75.6 Å². The van der Waals surface area contributed by atoms with E-state index in [1.54, 1.807) is 14.0 Å². The number of ether oxygens (including phenoxy) is 1. The Balaban J connectivity index is 2.22. The van der Waals surface area contributed by atoms with Crippen molar-refractivity contribution in [2.75, 3.05) is 7.11 Å². The van der Waals surface area contributed by atoms with E-state index in [1.807, 2.05) is 25.1 Å². The number of aryl methyl sites for hydroxylation is 1. The van der Waals surface area contributed by atoms with Gasteiger partial charge in [-0.25, -0.2) is 4.79 Å². The molecule has 24 heavy (non-hydrogen) atoms. The van der Waals surface area contributed by atoms with E-state index in [2.05, 4.69) is 5.32 Å². The SMILES string of the molecule is COc1cc(C)ccc1C(C)C(=O)NC1(C(=O)O)CCCCCC1. The third-order valence-corrected chi connectivity index (χ3v) is 4.98. The van der Waals surface area contributed by atoms with Gasteiger partial charge in [-0.1, -0.05) is 37.8 Å². The number of hydrogen-bond donors (Lipinski definition) is 2. The number of hydrogen-bond acceptors (Lipinski definition) is 3. The predicted molar refractivity (Wildman–Crippen MR) is 92.4 cm³/mol. The van der Waals surface area contributed by atoms with Crippen molar-refractivity contribution >= 4 is 11.9 Å². The van der Waals surface area contributed by atoms with Gasteiger partial charge in [0.05, 0.1) is 13.0 Å². The molecule has 2 rings (SSSR count). The van der Waals surface area contributed by atoms with Gasteiger partial charge in [0.25, 0.3) is 0 Å². The number of carboxylic acid groups (broad SMARTS) is 1. The Morgan fingerprint density at radius 2 is 1.83 bits per heavy atom. The molecule has 1 atom stereocenters. The first-order valence-corrected chi connectivity index (χ1v) is 8.59. The molecule has 1 amide bonds. The van der Waals surface area contributed by atoms with Crippen LogP contribution in [0.2, 0.25) is 0 Å². The maximum atomic E-state index is 12.8. The van der Waals surface area contributed by atoms with Crippen LogP contribution >= 0.6 is 0 Å². The number of aliphatic carboxylic acids is 1. The fourth-order valence-electron chi connectivity index (χ4n) is 3.39. The van der Waals surface area contributed by atoms with Gasteiger partial charge in [-0.2, -0.15) is 0 Å². The van der Waals surface area contributed by atoms with Crippen LogP contribution in [-0.2, 0) is 9.59 Å². The quantitative estimate of drug-likeness (QED) is 0.810. The molecule has 2 N–H and O–H groups in total. The monoisotopic (exact) mass is 333 g/mol. The summed E-state index contributed by atoms with van der Waals surface area (Å²) in [5.74, 6) is -1.01. The number of carbonyl (C=O) groups is 2. The van der Waals surface area contributed by atoms with E-state index in [4.69, 9.17) is 4.74 Å². The van der Waals surface area contributed by atoms with Crippen LogP contribution in [0.15, 0.2) is 18.2 Å². The van der Waals surface area contributed by atoms with Gasteiger partial charge in [-0.15, -0.1) is 0 Å². The van der Waals surface area contributed by atoms with Crippen molar-refractivity contribution < 1.29 is 19.4 Å². The normalized spacial score (nSPS) is 18.3. The highest BCUT2D eigenvalue weighted by Gasteiger charge is 2.41. The van der Waals surface area contributed by atoms with Crippen molar-refractivity contribution in [3.63, 3.8) is 0 Å². The van der Waals surface area contributed by atoms with E-state index in [1.165, 1.54) is 0 Å². The summed E-state index contributed by atoms with van der Waals surface area (Å²) in [6, 6.07) is 5.69. The number of nitrogens with one attached hydrogen (secondary N) is 1. The molecule has 0 saturated heterocycles. The van der Waals surface area contributed by atoms with Crippen LogP contribution in [-0.4, -0.2) is 29.6 Å². The maximum Gasteiger partial charge on any atom is 0.329 e. The van der Waals surface area contributed by atoms with Gasteiger partial charge in [-0.05, 0) is 38.3 Å². The Kier molecular flexibility index (Phi) is 5.86. The summed E-state index contributed by atoms with van der Waals surface area (Å²) in [6.45, 7) is 3.75. The van der Waals surface area contributed by atoms with E-state index >= 15 is 0 Å². The second kappa shape index (κ2) is 7.69. The highest BCUT2D eigenvalue weighted by molar-refractivity contribution is 5.90. The third-order valence-electron chi connectivity index (χ3n) is 4.98. The van der Waals surface area contributed by atoms with Crippen LogP contribution in [0.3, 0.4) is 0 Å². The molecule has 1 aromatic rings. The molecule has 5 heteroatoms. The Hall–Kier alpha value is -2.04. The lowest BCUT2D eigenvalue weighted by atomic mass is 9.88. The zero-order valence-corrected chi connectivity index (χ0v) is 14.7. The Labute approximate surface area is 143 Å². The van der Waals surface area contributed by atoms with Crippen molar-refractivity contribution in [2.45, 2.75) is 63.8 Å². The summed E-state index contributed by atoms with van der Waals surface area (Å²) in [5.41, 5.74) is 0.684. The van der Waals surface area contributed by atoms with Crippen LogP contribution in [0.1, 0.15) is 62.5 Å². The van der Waals surface area contributed by atoms with Crippen molar-refractivity contribution in [3.05, 3.63) is 29.3 Å². The fraction of sp³-hybridized carbons (Fsp3) is 0.579.